The minimum atomic E-state index is -2.55. The van der Waals surface area contributed by atoms with Gasteiger partial charge in [0.15, 0.2) is 0 Å². The topological polar surface area (TPSA) is 105 Å². The molecule has 0 unspecified atom stereocenters. The summed E-state index contributed by atoms with van der Waals surface area (Å²) in [7, 11) is 0. The van der Waals surface area contributed by atoms with Crippen molar-refractivity contribution in [1.82, 2.24) is 0 Å². The number of hydrogen-bond donors (Lipinski definition) is 0. The predicted molar refractivity (Wildman–Crippen MR) is 240 cm³/mol. The maximum atomic E-state index is 14.0. The first-order chi connectivity index (χ1) is 28.4. The lowest BCUT2D eigenvalue weighted by atomic mass is 9.84. The van der Waals surface area contributed by atoms with Gasteiger partial charge in [-0.1, -0.05) is 233 Å². The Balaban J connectivity index is 5.56. The number of hydrogen-bond acceptors (Lipinski definition) is 8. The first-order valence-corrected chi connectivity index (χ1v) is 25.1. The Hall–Kier alpha value is -2.12. The van der Waals surface area contributed by atoms with E-state index in [1.165, 1.54) is 128 Å². The standard InChI is InChI=1S/C50H94O8/c1-5-9-13-17-21-25-29-33-37-41-55-46(51)45-50(47(52)56-42-38-34-30-26-22-18-14-10-6-2,48(53)57-43-39-35-31-27-23-19-15-11-7-3)49(54)58-44-40-36-32-28-24-20-16-12-8-4/h5-45H2,1-4H3. The maximum absolute atomic E-state index is 14.0. The van der Waals surface area contributed by atoms with E-state index < -0.39 is 35.7 Å². The summed E-state index contributed by atoms with van der Waals surface area (Å²) in [6.45, 7) is 9.20. The maximum Gasteiger partial charge on any atom is 0.335 e. The van der Waals surface area contributed by atoms with E-state index in [1.807, 2.05) is 0 Å². The van der Waals surface area contributed by atoms with Crippen molar-refractivity contribution in [1.29, 1.82) is 0 Å². The van der Waals surface area contributed by atoms with Crippen molar-refractivity contribution in [3.8, 4) is 0 Å². The molecular weight excluding hydrogens is 729 g/mol. The highest BCUT2D eigenvalue weighted by Crippen LogP contribution is 2.31. The summed E-state index contributed by atoms with van der Waals surface area (Å²) in [4.78, 5) is 55.4. The molecule has 0 aliphatic rings. The zero-order valence-corrected chi connectivity index (χ0v) is 38.8. The van der Waals surface area contributed by atoms with Crippen LogP contribution in [-0.2, 0) is 38.1 Å². The van der Waals surface area contributed by atoms with Gasteiger partial charge in [-0.3, -0.25) is 19.2 Å². The molecule has 0 rings (SSSR count). The summed E-state index contributed by atoms with van der Waals surface area (Å²) in [5.41, 5.74) is -2.55. The molecule has 0 aliphatic carbocycles. The Labute approximate surface area is 358 Å². The van der Waals surface area contributed by atoms with Gasteiger partial charge in [-0.25, -0.2) is 0 Å². The van der Waals surface area contributed by atoms with Crippen LogP contribution in [0.25, 0.3) is 0 Å². The van der Waals surface area contributed by atoms with E-state index in [0.717, 1.165) is 77.0 Å². The van der Waals surface area contributed by atoms with Crippen LogP contribution >= 0.6 is 0 Å². The van der Waals surface area contributed by atoms with Gasteiger partial charge in [0.05, 0.1) is 32.8 Å². The van der Waals surface area contributed by atoms with E-state index >= 15 is 0 Å². The number of esters is 4. The number of unbranched alkanes of at least 4 members (excludes halogenated alkanes) is 32. The van der Waals surface area contributed by atoms with Gasteiger partial charge < -0.3 is 18.9 Å². The Morgan fingerprint density at radius 3 is 0.690 bits per heavy atom. The van der Waals surface area contributed by atoms with Crippen LogP contribution in [0.4, 0.5) is 0 Å². The molecule has 0 saturated heterocycles. The summed E-state index contributed by atoms with van der Waals surface area (Å²) >= 11 is 0. The third-order valence-corrected chi connectivity index (χ3v) is 11.4. The molecule has 0 atom stereocenters. The molecule has 8 nitrogen and oxygen atoms in total. The normalized spacial score (nSPS) is 11.4. The van der Waals surface area contributed by atoms with Gasteiger partial charge in [0.1, 0.15) is 0 Å². The van der Waals surface area contributed by atoms with Crippen molar-refractivity contribution in [2.45, 2.75) is 265 Å². The Bertz CT molecular complexity index is 862. The second-order valence-electron chi connectivity index (χ2n) is 17.0. The first-order valence-electron chi connectivity index (χ1n) is 25.1. The van der Waals surface area contributed by atoms with E-state index in [9.17, 15) is 19.2 Å². The van der Waals surface area contributed by atoms with E-state index in [-0.39, 0.29) is 26.4 Å². The number of ether oxygens (including phenoxy) is 4. The lowest BCUT2D eigenvalue weighted by molar-refractivity contribution is -0.188. The van der Waals surface area contributed by atoms with E-state index in [2.05, 4.69) is 27.7 Å². The van der Waals surface area contributed by atoms with Gasteiger partial charge >= 0.3 is 23.9 Å². The lowest BCUT2D eigenvalue weighted by Crippen LogP contribution is -2.51. The fourth-order valence-electron chi connectivity index (χ4n) is 7.44. The molecule has 342 valence electrons. The third kappa shape index (κ3) is 31.8. The average molecular weight is 823 g/mol. The molecule has 0 amide bonds. The third-order valence-electron chi connectivity index (χ3n) is 11.4. The fraction of sp³-hybridized carbons (Fsp3) is 0.920. The van der Waals surface area contributed by atoms with Crippen LogP contribution in [0, 0.1) is 5.41 Å². The summed E-state index contributed by atoms with van der Waals surface area (Å²) in [5, 5.41) is 0. The molecule has 0 aliphatic heterocycles. The Kier molecular flexibility index (Phi) is 41.4. The van der Waals surface area contributed by atoms with Crippen molar-refractivity contribution in [2.75, 3.05) is 26.4 Å². The van der Waals surface area contributed by atoms with Crippen molar-refractivity contribution in [2.24, 2.45) is 5.41 Å². The molecule has 58 heavy (non-hydrogen) atoms. The van der Waals surface area contributed by atoms with Gasteiger partial charge in [-0.05, 0) is 25.7 Å². The molecule has 0 N–H and O–H groups in total. The van der Waals surface area contributed by atoms with E-state index in [4.69, 9.17) is 18.9 Å². The molecule has 0 aromatic heterocycles. The quantitative estimate of drug-likeness (QED) is 0.0259. The number of rotatable bonds is 45. The second kappa shape index (κ2) is 43.0. The monoisotopic (exact) mass is 823 g/mol. The first kappa shape index (κ1) is 55.9. The van der Waals surface area contributed by atoms with Gasteiger partial charge in [0.25, 0.3) is 5.41 Å². The van der Waals surface area contributed by atoms with Crippen molar-refractivity contribution >= 4 is 23.9 Å². The summed E-state index contributed by atoms with van der Waals surface area (Å²) in [5.74, 6) is -4.00. The molecule has 0 heterocycles. The van der Waals surface area contributed by atoms with Crippen molar-refractivity contribution in [3.63, 3.8) is 0 Å². The molecule has 0 bridgehead atoms. The predicted octanol–water partition coefficient (Wildman–Crippen LogP) is 14.7. The van der Waals surface area contributed by atoms with Crippen LogP contribution in [0.2, 0.25) is 0 Å². The Morgan fingerprint density at radius 1 is 0.276 bits per heavy atom. The van der Waals surface area contributed by atoms with Crippen molar-refractivity contribution in [3.05, 3.63) is 0 Å². The highest BCUT2D eigenvalue weighted by Gasteiger charge is 2.59. The largest absolute Gasteiger partial charge is 0.466 e. The minimum absolute atomic E-state index is 0.0565. The zero-order valence-electron chi connectivity index (χ0n) is 38.8. The van der Waals surface area contributed by atoms with Crippen LogP contribution in [0.3, 0.4) is 0 Å². The van der Waals surface area contributed by atoms with Gasteiger partial charge in [0.2, 0.25) is 0 Å². The van der Waals surface area contributed by atoms with Crippen LogP contribution in [0.1, 0.15) is 265 Å². The number of carbonyl (C=O) groups is 4. The van der Waals surface area contributed by atoms with Crippen LogP contribution in [0.15, 0.2) is 0 Å². The zero-order chi connectivity index (χ0) is 42.6. The summed E-state index contributed by atoms with van der Waals surface area (Å²) in [6.07, 6.45) is 38.8. The van der Waals surface area contributed by atoms with Gasteiger partial charge in [-0.15, -0.1) is 0 Å². The molecular formula is C50H94O8. The molecule has 8 heteroatoms. The van der Waals surface area contributed by atoms with E-state index in [0.29, 0.717) is 25.7 Å². The second-order valence-corrected chi connectivity index (χ2v) is 17.0. The molecule has 0 spiro atoms. The minimum Gasteiger partial charge on any atom is -0.466 e. The highest BCUT2D eigenvalue weighted by atomic mass is 16.6. The fourth-order valence-corrected chi connectivity index (χ4v) is 7.44. The number of carbonyl (C=O) groups excluding carboxylic acids is 4. The van der Waals surface area contributed by atoms with Gasteiger partial charge in [-0.2, -0.15) is 0 Å². The average Bonchev–Trinajstić information content (AvgIpc) is 3.22. The highest BCUT2D eigenvalue weighted by molar-refractivity contribution is 6.19. The summed E-state index contributed by atoms with van der Waals surface area (Å²) in [6, 6.07) is 0. The Morgan fingerprint density at radius 2 is 0.466 bits per heavy atom. The summed E-state index contributed by atoms with van der Waals surface area (Å²) < 4.78 is 22.6. The van der Waals surface area contributed by atoms with Crippen molar-refractivity contribution < 1.29 is 38.1 Å². The molecule has 0 radical (unpaired) electrons. The smallest absolute Gasteiger partial charge is 0.335 e. The van der Waals surface area contributed by atoms with Crippen LogP contribution in [-0.4, -0.2) is 50.3 Å². The van der Waals surface area contributed by atoms with Gasteiger partial charge in [0, 0.05) is 0 Å². The molecule has 0 saturated carbocycles. The SMILES string of the molecule is CCCCCCCCCCCOC(=O)CC(C(=O)OCCCCCCCCCCC)(C(=O)OCCCCCCCCCCC)C(=O)OCCCCCCCCCCC. The van der Waals surface area contributed by atoms with Crippen LogP contribution < -0.4 is 0 Å². The molecule has 0 fully saturated rings. The molecule has 0 aromatic carbocycles. The molecule has 0 aromatic rings. The lowest BCUT2D eigenvalue weighted by Gasteiger charge is -2.27. The van der Waals surface area contributed by atoms with Crippen LogP contribution in [0.5, 0.6) is 0 Å². The van der Waals surface area contributed by atoms with E-state index in [1.54, 1.807) is 0 Å².